The molecule has 2 aromatic carbocycles. The third-order valence-electron chi connectivity index (χ3n) is 6.20. The van der Waals surface area contributed by atoms with Gasteiger partial charge < -0.3 is 19.8 Å². The Balaban J connectivity index is 1.52. The van der Waals surface area contributed by atoms with E-state index in [1.807, 2.05) is 18.2 Å². The first-order valence-electron chi connectivity index (χ1n) is 10.5. The number of rotatable bonds is 6. The van der Waals surface area contributed by atoms with E-state index in [-0.39, 0.29) is 18.9 Å². The van der Waals surface area contributed by atoms with E-state index in [0.717, 1.165) is 22.5 Å². The van der Waals surface area contributed by atoms with E-state index < -0.39 is 17.2 Å². The number of fused-ring (bicyclic) bond motifs is 1. The van der Waals surface area contributed by atoms with Crippen LogP contribution in [0.2, 0.25) is 0 Å². The van der Waals surface area contributed by atoms with Crippen molar-refractivity contribution >= 4 is 16.8 Å². The molecule has 0 bridgehead atoms. The van der Waals surface area contributed by atoms with Crippen molar-refractivity contribution in [3.05, 3.63) is 65.4 Å². The van der Waals surface area contributed by atoms with E-state index in [4.69, 9.17) is 9.47 Å². The van der Waals surface area contributed by atoms with Gasteiger partial charge in [-0.05, 0) is 48.2 Å². The van der Waals surface area contributed by atoms with Crippen LogP contribution in [0.1, 0.15) is 29.5 Å². The van der Waals surface area contributed by atoms with Crippen LogP contribution in [0.5, 0.6) is 5.75 Å². The fourth-order valence-corrected chi connectivity index (χ4v) is 4.29. The average molecular weight is 446 g/mol. The van der Waals surface area contributed by atoms with Crippen molar-refractivity contribution in [2.45, 2.75) is 30.9 Å². The van der Waals surface area contributed by atoms with E-state index in [9.17, 15) is 18.0 Å². The number of hydrogen-bond donors (Lipinski definition) is 2. The highest BCUT2D eigenvalue weighted by molar-refractivity contribution is 5.89. The lowest BCUT2D eigenvalue weighted by atomic mass is 9.73. The Kier molecular flexibility index (Phi) is 6.15. The molecule has 0 aliphatic carbocycles. The molecular formula is C24H25F3N2O3. The molecule has 5 nitrogen and oxygen atoms in total. The van der Waals surface area contributed by atoms with Crippen LogP contribution in [0.15, 0.2) is 48.7 Å². The summed E-state index contributed by atoms with van der Waals surface area (Å²) in [6, 6.07) is 11.0. The molecule has 1 aliphatic rings. The maximum Gasteiger partial charge on any atom is 0.416 e. The van der Waals surface area contributed by atoms with Crippen molar-refractivity contribution in [1.82, 2.24) is 10.3 Å². The molecule has 32 heavy (non-hydrogen) atoms. The van der Waals surface area contributed by atoms with Crippen LogP contribution >= 0.6 is 0 Å². The number of carbonyl (C=O) groups is 1. The summed E-state index contributed by atoms with van der Waals surface area (Å²) in [6.07, 6.45) is -1.39. The molecule has 2 heterocycles. The highest BCUT2D eigenvalue weighted by atomic mass is 19.4. The monoisotopic (exact) mass is 446 g/mol. The van der Waals surface area contributed by atoms with Gasteiger partial charge in [-0.15, -0.1) is 0 Å². The van der Waals surface area contributed by atoms with Gasteiger partial charge in [0.2, 0.25) is 5.91 Å². The lowest BCUT2D eigenvalue weighted by Gasteiger charge is -2.38. The molecule has 1 amide bonds. The molecular weight excluding hydrogens is 421 g/mol. The van der Waals surface area contributed by atoms with Crippen LogP contribution in [-0.2, 0) is 27.5 Å². The van der Waals surface area contributed by atoms with Crippen molar-refractivity contribution in [1.29, 1.82) is 0 Å². The van der Waals surface area contributed by atoms with E-state index in [1.54, 1.807) is 19.4 Å². The van der Waals surface area contributed by atoms with Gasteiger partial charge in [0, 0.05) is 42.3 Å². The van der Waals surface area contributed by atoms with Crippen LogP contribution in [0, 0.1) is 0 Å². The number of carbonyl (C=O) groups excluding carboxylic acids is 1. The fourth-order valence-electron chi connectivity index (χ4n) is 4.29. The van der Waals surface area contributed by atoms with E-state index in [1.165, 1.54) is 12.1 Å². The molecule has 1 aromatic heterocycles. The SMILES string of the molecule is COc1ccc2[nH]cc(CC(=O)NCC3(c4cccc(C(F)(F)F)c4)CCOCC3)c2c1. The van der Waals surface area contributed by atoms with E-state index in [0.29, 0.717) is 37.4 Å². The molecule has 1 fully saturated rings. The summed E-state index contributed by atoms with van der Waals surface area (Å²) in [7, 11) is 1.58. The molecule has 8 heteroatoms. The molecule has 1 saturated heterocycles. The third-order valence-corrected chi connectivity index (χ3v) is 6.20. The molecule has 0 atom stereocenters. The second kappa shape index (κ2) is 8.86. The molecule has 0 unspecified atom stereocenters. The van der Waals surface area contributed by atoms with Gasteiger partial charge >= 0.3 is 6.18 Å². The lowest BCUT2D eigenvalue weighted by molar-refractivity contribution is -0.137. The molecule has 170 valence electrons. The topological polar surface area (TPSA) is 63.4 Å². The fraction of sp³-hybridized carbons (Fsp3) is 0.375. The predicted molar refractivity (Wildman–Crippen MR) is 115 cm³/mol. The Morgan fingerprint density at radius 3 is 2.69 bits per heavy atom. The van der Waals surface area contributed by atoms with E-state index >= 15 is 0 Å². The van der Waals surface area contributed by atoms with Crippen molar-refractivity contribution in [3.63, 3.8) is 0 Å². The average Bonchev–Trinajstić information content (AvgIpc) is 3.19. The minimum atomic E-state index is -4.41. The van der Waals surface area contributed by atoms with Gasteiger partial charge in [-0.2, -0.15) is 13.2 Å². The maximum absolute atomic E-state index is 13.3. The smallest absolute Gasteiger partial charge is 0.416 e. The lowest BCUT2D eigenvalue weighted by Crippen LogP contribution is -2.45. The highest BCUT2D eigenvalue weighted by Gasteiger charge is 2.37. The number of halogens is 3. The van der Waals surface area contributed by atoms with Crippen LogP contribution in [-0.4, -0.2) is 37.8 Å². The summed E-state index contributed by atoms with van der Waals surface area (Å²) in [5.74, 6) is 0.510. The van der Waals surface area contributed by atoms with E-state index in [2.05, 4.69) is 10.3 Å². The van der Waals surface area contributed by atoms with Crippen molar-refractivity contribution in [3.8, 4) is 5.75 Å². The number of aromatic nitrogens is 1. The number of alkyl halides is 3. The normalized spacial score (nSPS) is 16.1. The third kappa shape index (κ3) is 4.60. The molecule has 0 radical (unpaired) electrons. The van der Waals surface area contributed by atoms with Crippen LogP contribution in [0.25, 0.3) is 10.9 Å². The standard InChI is InChI=1S/C24H25F3N2O3/c1-31-19-5-6-21-20(13-19)16(14-28-21)11-22(30)29-15-23(7-9-32-10-8-23)17-3-2-4-18(12-17)24(25,26)27/h2-6,12-14,28H,7-11,15H2,1H3,(H,29,30). The number of benzene rings is 2. The zero-order chi connectivity index (χ0) is 22.8. The first-order chi connectivity index (χ1) is 15.3. The number of amides is 1. The number of hydrogen-bond acceptors (Lipinski definition) is 3. The van der Waals surface area contributed by atoms with Crippen molar-refractivity contribution in [2.75, 3.05) is 26.9 Å². The molecule has 2 N–H and O–H groups in total. The number of nitrogens with one attached hydrogen (secondary N) is 2. The zero-order valence-corrected chi connectivity index (χ0v) is 17.7. The predicted octanol–water partition coefficient (Wildman–Crippen LogP) is 4.60. The molecule has 4 rings (SSSR count). The summed E-state index contributed by atoms with van der Waals surface area (Å²) in [5, 5.41) is 3.86. The summed E-state index contributed by atoms with van der Waals surface area (Å²) in [4.78, 5) is 15.9. The Morgan fingerprint density at radius 2 is 1.97 bits per heavy atom. The Morgan fingerprint density at radius 1 is 1.19 bits per heavy atom. The summed E-state index contributed by atoms with van der Waals surface area (Å²) in [5.41, 5.74) is 1.03. The van der Waals surface area contributed by atoms with Crippen molar-refractivity contribution in [2.24, 2.45) is 0 Å². The summed E-state index contributed by atoms with van der Waals surface area (Å²) >= 11 is 0. The summed E-state index contributed by atoms with van der Waals surface area (Å²) < 4.78 is 50.5. The molecule has 3 aromatic rings. The Bertz CT molecular complexity index is 1100. The van der Waals surface area contributed by atoms with Gasteiger partial charge in [-0.1, -0.05) is 18.2 Å². The molecule has 0 spiro atoms. The first-order valence-corrected chi connectivity index (χ1v) is 10.5. The van der Waals surface area contributed by atoms with Gasteiger partial charge in [0.05, 0.1) is 19.1 Å². The van der Waals surface area contributed by atoms with Gasteiger partial charge in [0.1, 0.15) is 5.75 Å². The van der Waals surface area contributed by atoms with Gasteiger partial charge in [0.15, 0.2) is 0 Å². The summed E-state index contributed by atoms with van der Waals surface area (Å²) in [6.45, 7) is 1.13. The van der Waals surface area contributed by atoms with Crippen molar-refractivity contribution < 1.29 is 27.4 Å². The Labute approximate surface area is 183 Å². The van der Waals surface area contributed by atoms with Gasteiger partial charge in [0.25, 0.3) is 0 Å². The quantitative estimate of drug-likeness (QED) is 0.582. The van der Waals surface area contributed by atoms with Gasteiger partial charge in [-0.25, -0.2) is 0 Å². The first kappa shape index (κ1) is 22.2. The number of ether oxygens (including phenoxy) is 2. The van der Waals surface area contributed by atoms with Crippen LogP contribution in [0.4, 0.5) is 13.2 Å². The second-order valence-electron chi connectivity index (χ2n) is 8.15. The van der Waals surface area contributed by atoms with Crippen LogP contribution in [0.3, 0.4) is 0 Å². The maximum atomic E-state index is 13.3. The number of H-pyrrole nitrogens is 1. The van der Waals surface area contributed by atoms with Crippen LogP contribution < -0.4 is 10.1 Å². The minimum absolute atomic E-state index is 0.155. The Hall–Kier alpha value is -3.00. The largest absolute Gasteiger partial charge is 0.497 e. The minimum Gasteiger partial charge on any atom is -0.497 e. The number of aromatic amines is 1. The highest BCUT2D eigenvalue weighted by Crippen LogP contribution is 2.38. The zero-order valence-electron chi connectivity index (χ0n) is 17.7. The van der Waals surface area contributed by atoms with Gasteiger partial charge in [-0.3, -0.25) is 4.79 Å². The molecule has 1 aliphatic heterocycles. The number of methoxy groups -OCH3 is 1. The molecule has 0 saturated carbocycles. The second-order valence-corrected chi connectivity index (χ2v) is 8.15.